The van der Waals surface area contributed by atoms with Gasteiger partial charge in [-0.25, -0.2) is 0 Å². The van der Waals surface area contributed by atoms with Gasteiger partial charge in [0.15, 0.2) is 0 Å². The van der Waals surface area contributed by atoms with Crippen molar-refractivity contribution in [3.63, 3.8) is 0 Å². The van der Waals surface area contributed by atoms with Crippen LogP contribution in [-0.4, -0.2) is 0 Å². The van der Waals surface area contributed by atoms with Crippen molar-refractivity contribution in [1.82, 2.24) is 0 Å². The lowest BCUT2D eigenvalue weighted by molar-refractivity contribution is 0.419. The van der Waals surface area contributed by atoms with Crippen LogP contribution in [0.1, 0.15) is 49.9 Å². The molecule has 0 spiro atoms. The molecule has 0 aromatic heterocycles. The number of hydrogen-bond acceptors (Lipinski definition) is 2. The summed E-state index contributed by atoms with van der Waals surface area (Å²) in [4.78, 5) is 2.41. The molecule has 0 amide bonds. The largest absolute Gasteiger partial charge is 0.456 e. The Morgan fingerprint density at radius 3 is 1.48 bits per heavy atom. The monoisotopic (exact) mass is 847 g/mol. The Kier molecular flexibility index (Phi) is 9.22. The second kappa shape index (κ2) is 15.4. The van der Waals surface area contributed by atoms with Crippen LogP contribution >= 0.6 is 0 Å². The molecule has 10 aromatic carbocycles. The fraction of sp³-hybridized carbons (Fsp3) is 0.0938. The molecule has 12 rings (SSSR count). The highest BCUT2D eigenvalue weighted by atomic mass is 16.5. The van der Waals surface area contributed by atoms with Crippen molar-refractivity contribution in [1.29, 1.82) is 0 Å². The van der Waals surface area contributed by atoms with E-state index in [1.54, 1.807) is 0 Å². The number of fused-ring (bicyclic) bond motifs is 6. The molecule has 66 heavy (non-hydrogen) atoms. The third-order valence-electron chi connectivity index (χ3n) is 14.4. The van der Waals surface area contributed by atoms with Gasteiger partial charge in [0.25, 0.3) is 0 Å². The van der Waals surface area contributed by atoms with Crippen LogP contribution in [0.15, 0.2) is 224 Å². The number of para-hydroxylation sites is 2. The summed E-state index contributed by atoms with van der Waals surface area (Å²) < 4.78 is 6.83. The van der Waals surface area contributed by atoms with Crippen LogP contribution in [0.3, 0.4) is 0 Å². The van der Waals surface area contributed by atoms with Crippen LogP contribution in [0.5, 0.6) is 11.5 Å². The van der Waals surface area contributed by atoms with Crippen molar-refractivity contribution in [3.05, 3.63) is 247 Å². The van der Waals surface area contributed by atoms with Gasteiger partial charge in [-0.1, -0.05) is 210 Å². The Bertz CT molecular complexity index is 3470. The van der Waals surface area contributed by atoms with E-state index in [-0.39, 0.29) is 10.8 Å². The van der Waals surface area contributed by atoms with E-state index >= 15 is 0 Å². The zero-order valence-corrected chi connectivity index (χ0v) is 37.7. The maximum absolute atomic E-state index is 6.83. The van der Waals surface area contributed by atoms with Crippen LogP contribution < -0.4 is 9.64 Å². The minimum Gasteiger partial charge on any atom is -0.456 e. The zero-order chi connectivity index (χ0) is 44.6. The van der Waals surface area contributed by atoms with Gasteiger partial charge in [-0.2, -0.15) is 0 Å². The normalized spacial score (nSPS) is 13.8. The van der Waals surface area contributed by atoms with Gasteiger partial charge >= 0.3 is 0 Å². The van der Waals surface area contributed by atoms with Crippen molar-refractivity contribution in [2.45, 2.75) is 38.5 Å². The van der Waals surface area contributed by atoms with E-state index in [1.165, 1.54) is 72.1 Å². The fourth-order valence-electron chi connectivity index (χ4n) is 10.8. The van der Waals surface area contributed by atoms with Gasteiger partial charge in [-0.15, -0.1) is 0 Å². The van der Waals surface area contributed by atoms with Crippen LogP contribution in [0.25, 0.3) is 66.4 Å². The molecule has 2 nitrogen and oxygen atoms in total. The molecular weight excluding hydrogens is 799 g/mol. The predicted octanol–water partition coefficient (Wildman–Crippen LogP) is 17.7. The van der Waals surface area contributed by atoms with Crippen molar-refractivity contribution in [2.75, 3.05) is 4.90 Å². The summed E-state index contributed by atoms with van der Waals surface area (Å²) >= 11 is 0. The minimum atomic E-state index is -0.212. The summed E-state index contributed by atoms with van der Waals surface area (Å²) in [5.41, 5.74) is 20.3. The molecule has 1 aliphatic heterocycles. The van der Waals surface area contributed by atoms with Crippen LogP contribution in [0, 0.1) is 0 Å². The number of anilines is 3. The van der Waals surface area contributed by atoms with Crippen molar-refractivity contribution in [2.24, 2.45) is 0 Å². The van der Waals surface area contributed by atoms with Gasteiger partial charge < -0.3 is 9.64 Å². The Labute approximate surface area is 388 Å². The molecule has 1 aliphatic carbocycles. The highest BCUT2D eigenvalue weighted by molar-refractivity contribution is 6.07. The Morgan fingerprint density at radius 2 is 0.788 bits per heavy atom. The molecular formula is C64H49NO. The minimum absolute atomic E-state index is 0.0616. The Morgan fingerprint density at radius 1 is 0.318 bits per heavy atom. The average Bonchev–Trinajstić information content (AvgIpc) is 3.60. The first-order chi connectivity index (χ1) is 32.2. The molecule has 0 saturated heterocycles. The van der Waals surface area contributed by atoms with E-state index in [0.717, 1.165) is 45.1 Å². The van der Waals surface area contributed by atoms with Crippen molar-refractivity contribution >= 4 is 27.8 Å². The number of benzene rings is 10. The first kappa shape index (κ1) is 39.6. The second-order valence-corrected chi connectivity index (χ2v) is 18.9. The lowest BCUT2D eigenvalue weighted by Gasteiger charge is -2.35. The summed E-state index contributed by atoms with van der Waals surface area (Å²) in [6.07, 6.45) is 0. The van der Waals surface area contributed by atoms with E-state index in [9.17, 15) is 0 Å². The van der Waals surface area contributed by atoms with Gasteiger partial charge in [0.2, 0.25) is 0 Å². The maximum atomic E-state index is 6.83. The SMILES string of the molecule is CC1(C)c2ccccc2-c2ccc(-c3ccc(N(c4ccc(-c5ccc(-c6ccccc6)cc5)cc4)c4ccc(-c5cccc6c5Oc5ccccc5C6(C)C)c5ccccc45)cc3)cc21. The first-order valence-electron chi connectivity index (χ1n) is 23.1. The lowest BCUT2D eigenvalue weighted by atomic mass is 9.74. The molecule has 316 valence electrons. The summed E-state index contributed by atoms with van der Waals surface area (Å²) in [5, 5.41) is 2.33. The predicted molar refractivity (Wildman–Crippen MR) is 277 cm³/mol. The number of nitrogens with zero attached hydrogens (tertiary/aromatic N) is 1. The number of rotatable bonds is 7. The van der Waals surface area contributed by atoms with E-state index in [0.29, 0.717) is 0 Å². The fourth-order valence-corrected chi connectivity index (χ4v) is 10.8. The molecule has 0 saturated carbocycles. The highest BCUT2D eigenvalue weighted by Gasteiger charge is 2.37. The van der Waals surface area contributed by atoms with Gasteiger partial charge in [0, 0.05) is 44.3 Å². The Balaban J connectivity index is 0.963. The smallest absolute Gasteiger partial charge is 0.139 e. The van der Waals surface area contributed by atoms with Gasteiger partial charge in [0.05, 0.1) is 5.69 Å². The van der Waals surface area contributed by atoms with Gasteiger partial charge in [-0.05, 0) is 109 Å². The quantitative estimate of drug-likeness (QED) is 0.158. The molecule has 0 fully saturated rings. The van der Waals surface area contributed by atoms with Crippen LogP contribution in [0.2, 0.25) is 0 Å². The summed E-state index contributed by atoms with van der Waals surface area (Å²) in [7, 11) is 0. The maximum Gasteiger partial charge on any atom is 0.139 e. The molecule has 2 aliphatic rings. The Hall–Kier alpha value is -7.94. The van der Waals surface area contributed by atoms with E-state index in [2.05, 4.69) is 257 Å². The summed E-state index contributed by atoms with van der Waals surface area (Å²) in [6.45, 7) is 9.30. The standard InChI is InChI=1S/C64H49NO/c1-63(2)56-21-11-10-18-52(56)53-38-33-47(41-59(53)63)46-31-36-49(37-32-46)65(48-34-29-45(30-35-48)44-27-25-43(26-28-44)42-15-6-5-7-16-42)60-40-39-51(50-17-8-9-19-54(50)60)55-20-14-23-58-62(55)66-61-24-13-12-22-57(61)64(58,3)4/h5-41H,1-4H3. The van der Waals surface area contributed by atoms with Crippen LogP contribution in [0.4, 0.5) is 17.1 Å². The average molecular weight is 848 g/mol. The molecule has 0 bridgehead atoms. The zero-order valence-electron chi connectivity index (χ0n) is 37.7. The topological polar surface area (TPSA) is 12.5 Å². The van der Waals surface area contributed by atoms with Gasteiger partial charge in [-0.3, -0.25) is 0 Å². The van der Waals surface area contributed by atoms with E-state index < -0.39 is 0 Å². The molecule has 1 heterocycles. The second-order valence-electron chi connectivity index (χ2n) is 18.9. The van der Waals surface area contributed by atoms with Crippen molar-refractivity contribution in [3.8, 4) is 67.1 Å². The van der Waals surface area contributed by atoms with Gasteiger partial charge in [0.1, 0.15) is 11.5 Å². The first-order valence-corrected chi connectivity index (χ1v) is 23.1. The van der Waals surface area contributed by atoms with E-state index in [1.807, 2.05) is 0 Å². The van der Waals surface area contributed by atoms with Crippen molar-refractivity contribution < 1.29 is 4.74 Å². The van der Waals surface area contributed by atoms with E-state index in [4.69, 9.17) is 4.74 Å². The molecule has 0 atom stereocenters. The summed E-state index contributed by atoms with van der Waals surface area (Å²) in [6, 6.07) is 82.0. The highest BCUT2D eigenvalue weighted by Crippen LogP contribution is 2.53. The third-order valence-corrected chi connectivity index (χ3v) is 14.4. The molecule has 0 radical (unpaired) electrons. The lowest BCUT2D eigenvalue weighted by Crippen LogP contribution is -2.24. The number of ether oxygens (including phenoxy) is 1. The third kappa shape index (κ3) is 6.39. The number of hydrogen-bond donors (Lipinski definition) is 0. The molecule has 2 heteroatoms. The van der Waals surface area contributed by atoms with Crippen LogP contribution in [-0.2, 0) is 10.8 Å². The molecule has 10 aromatic rings. The summed E-state index contributed by atoms with van der Waals surface area (Å²) in [5.74, 6) is 1.85. The molecule has 0 N–H and O–H groups in total. The molecule has 0 unspecified atom stereocenters.